The van der Waals surface area contributed by atoms with Gasteiger partial charge in [-0.1, -0.05) is 6.92 Å². The molecule has 0 bridgehead atoms. The number of hydrogen-bond acceptors (Lipinski definition) is 2. The molecule has 2 heteroatoms. The van der Waals surface area contributed by atoms with Crippen molar-refractivity contribution in [3.63, 3.8) is 0 Å². The van der Waals surface area contributed by atoms with Crippen LogP contribution in [0, 0.1) is 5.92 Å². The minimum absolute atomic E-state index is 0.0153. The highest BCUT2D eigenvalue weighted by Crippen LogP contribution is 2.16. The molecular formula is C12H26N2. The van der Waals surface area contributed by atoms with E-state index >= 15 is 0 Å². The molecule has 2 nitrogen and oxygen atoms in total. The summed E-state index contributed by atoms with van der Waals surface area (Å²) >= 11 is 0. The Morgan fingerprint density at radius 3 is 2.71 bits per heavy atom. The molecule has 1 rings (SSSR count). The third-order valence-corrected chi connectivity index (χ3v) is 3.04. The van der Waals surface area contributed by atoms with E-state index in [4.69, 9.17) is 5.73 Å². The normalized spacial score (nSPS) is 25.3. The zero-order valence-corrected chi connectivity index (χ0v) is 10.1. The first-order valence-corrected chi connectivity index (χ1v) is 5.98. The van der Waals surface area contributed by atoms with E-state index in [1.807, 2.05) is 0 Å². The Bertz CT molecular complexity index is 160. The lowest BCUT2D eigenvalue weighted by molar-refractivity contribution is 0.177. The Morgan fingerprint density at radius 2 is 2.14 bits per heavy atom. The Morgan fingerprint density at radius 1 is 1.43 bits per heavy atom. The van der Waals surface area contributed by atoms with E-state index in [-0.39, 0.29) is 5.54 Å². The SMILES string of the molecule is CC1CCCN(CCCC(C)(C)N)C1. The fraction of sp³-hybridized carbons (Fsp3) is 1.00. The van der Waals surface area contributed by atoms with Crippen molar-refractivity contribution in [3.8, 4) is 0 Å². The van der Waals surface area contributed by atoms with Crippen LogP contribution in [-0.2, 0) is 0 Å². The molecule has 1 aliphatic rings. The van der Waals surface area contributed by atoms with Gasteiger partial charge in [-0.2, -0.15) is 0 Å². The monoisotopic (exact) mass is 198 g/mol. The molecule has 0 radical (unpaired) electrons. The highest BCUT2D eigenvalue weighted by molar-refractivity contribution is 4.74. The summed E-state index contributed by atoms with van der Waals surface area (Å²) in [7, 11) is 0. The standard InChI is InChI=1S/C12H26N2/c1-11-6-4-8-14(10-11)9-5-7-12(2,3)13/h11H,4-10,13H2,1-3H3. The highest BCUT2D eigenvalue weighted by Gasteiger charge is 2.16. The minimum Gasteiger partial charge on any atom is -0.326 e. The summed E-state index contributed by atoms with van der Waals surface area (Å²) < 4.78 is 0. The number of nitrogens with zero attached hydrogens (tertiary/aromatic N) is 1. The first-order valence-electron chi connectivity index (χ1n) is 5.98. The van der Waals surface area contributed by atoms with Crippen molar-refractivity contribution in [1.29, 1.82) is 0 Å². The van der Waals surface area contributed by atoms with Crippen LogP contribution in [0.3, 0.4) is 0 Å². The van der Waals surface area contributed by atoms with Gasteiger partial charge in [-0.3, -0.25) is 0 Å². The van der Waals surface area contributed by atoms with Gasteiger partial charge in [-0.15, -0.1) is 0 Å². The van der Waals surface area contributed by atoms with Gasteiger partial charge in [0.15, 0.2) is 0 Å². The van der Waals surface area contributed by atoms with E-state index in [0.29, 0.717) is 0 Å². The van der Waals surface area contributed by atoms with Crippen LogP contribution in [-0.4, -0.2) is 30.1 Å². The van der Waals surface area contributed by atoms with Crippen molar-refractivity contribution in [2.45, 2.75) is 52.0 Å². The summed E-state index contributed by atoms with van der Waals surface area (Å²) in [5.41, 5.74) is 5.98. The second kappa shape index (κ2) is 5.13. The van der Waals surface area contributed by atoms with Gasteiger partial charge in [-0.05, 0) is 58.5 Å². The number of nitrogens with two attached hydrogens (primary N) is 1. The molecule has 0 amide bonds. The zero-order valence-electron chi connectivity index (χ0n) is 10.1. The molecule has 0 aliphatic carbocycles. The van der Waals surface area contributed by atoms with Gasteiger partial charge >= 0.3 is 0 Å². The molecule has 1 saturated heterocycles. The first-order chi connectivity index (χ1) is 6.47. The number of hydrogen-bond donors (Lipinski definition) is 1. The van der Waals surface area contributed by atoms with Crippen LogP contribution in [0.1, 0.15) is 46.5 Å². The average Bonchev–Trinajstić information content (AvgIpc) is 2.01. The lowest BCUT2D eigenvalue weighted by Crippen LogP contribution is -2.37. The average molecular weight is 198 g/mol. The van der Waals surface area contributed by atoms with Crippen molar-refractivity contribution < 1.29 is 0 Å². The Hall–Kier alpha value is -0.0800. The van der Waals surface area contributed by atoms with Crippen molar-refractivity contribution in [2.75, 3.05) is 19.6 Å². The maximum atomic E-state index is 5.96. The first kappa shape index (κ1) is 12.0. The molecule has 1 unspecified atom stereocenters. The van der Waals surface area contributed by atoms with Gasteiger partial charge in [0.05, 0.1) is 0 Å². The van der Waals surface area contributed by atoms with E-state index in [9.17, 15) is 0 Å². The molecule has 84 valence electrons. The second-order valence-corrected chi connectivity index (χ2v) is 5.64. The van der Waals surface area contributed by atoms with Crippen molar-refractivity contribution in [2.24, 2.45) is 11.7 Å². The van der Waals surface area contributed by atoms with Crippen molar-refractivity contribution >= 4 is 0 Å². The molecular weight excluding hydrogens is 172 g/mol. The summed E-state index contributed by atoms with van der Waals surface area (Å²) in [4.78, 5) is 2.60. The Labute approximate surface area is 88.8 Å². The predicted molar refractivity (Wildman–Crippen MR) is 62.3 cm³/mol. The molecule has 0 aromatic carbocycles. The smallest absolute Gasteiger partial charge is 0.00975 e. The fourth-order valence-corrected chi connectivity index (χ4v) is 2.25. The summed E-state index contributed by atoms with van der Waals surface area (Å²) in [6, 6.07) is 0. The summed E-state index contributed by atoms with van der Waals surface area (Å²) in [5.74, 6) is 0.898. The second-order valence-electron chi connectivity index (χ2n) is 5.64. The number of likely N-dealkylation sites (tertiary alicyclic amines) is 1. The van der Waals surface area contributed by atoms with Crippen LogP contribution < -0.4 is 5.73 Å². The van der Waals surface area contributed by atoms with Crippen LogP contribution >= 0.6 is 0 Å². The van der Waals surface area contributed by atoms with Crippen LogP contribution in [0.25, 0.3) is 0 Å². The van der Waals surface area contributed by atoms with Gasteiger partial charge in [0.25, 0.3) is 0 Å². The summed E-state index contributed by atoms with van der Waals surface area (Å²) in [5, 5.41) is 0. The maximum Gasteiger partial charge on any atom is 0.00975 e. The highest BCUT2D eigenvalue weighted by atomic mass is 15.1. The number of piperidine rings is 1. The summed E-state index contributed by atoms with van der Waals surface area (Å²) in [6.45, 7) is 10.4. The van der Waals surface area contributed by atoms with Crippen molar-refractivity contribution in [3.05, 3.63) is 0 Å². The van der Waals surface area contributed by atoms with Gasteiger partial charge in [-0.25, -0.2) is 0 Å². The molecule has 1 heterocycles. The van der Waals surface area contributed by atoms with Gasteiger partial charge in [0.2, 0.25) is 0 Å². The molecule has 2 N–H and O–H groups in total. The molecule has 1 atom stereocenters. The van der Waals surface area contributed by atoms with Gasteiger partial charge < -0.3 is 10.6 Å². The molecule has 0 aromatic rings. The molecule has 0 saturated carbocycles. The Balaban J connectivity index is 2.12. The lowest BCUT2D eigenvalue weighted by atomic mass is 9.97. The molecule has 1 aliphatic heterocycles. The van der Waals surface area contributed by atoms with Crippen molar-refractivity contribution in [1.82, 2.24) is 4.90 Å². The van der Waals surface area contributed by atoms with E-state index in [1.165, 1.54) is 38.9 Å². The Kier molecular flexibility index (Phi) is 4.39. The topological polar surface area (TPSA) is 29.3 Å². The zero-order chi connectivity index (χ0) is 10.6. The van der Waals surface area contributed by atoms with E-state index in [2.05, 4.69) is 25.7 Å². The van der Waals surface area contributed by atoms with E-state index in [0.717, 1.165) is 12.3 Å². The van der Waals surface area contributed by atoms with Crippen LogP contribution in [0.2, 0.25) is 0 Å². The van der Waals surface area contributed by atoms with E-state index in [1.54, 1.807) is 0 Å². The molecule has 0 aromatic heterocycles. The van der Waals surface area contributed by atoms with E-state index < -0.39 is 0 Å². The third kappa shape index (κ3) is 4.97. The molecule has 14 heavy (non-hydrogen) atoms. The fourth-order valence-electron chi connectivity index (χ4n) is 2.25. The number of rotatable bonds is 4. The molecule has 0 spiro atoms. The molecule has 1 fully saturated rings. The lowest BCUT2D eigenvalue weighted by Gasteiger charge is -2.31. The van der Waals surface area contributed by atoms with Crippen LogP contribution in [0.15, 0.2) is 0 Å². The quantitative estimate of drug-likeness (QED) is 0.750. The summed E-state index contributed by atoms with van der Waals surface area (Å²) in [6.07, 6.45) is 5.18. The van der Waals surface area contributed by atoms with Gasteiger partial charge in [0, 0.05) is 12.1 Å². The van der Waals surface area contributed by atoms with Crippen LogP contribution in [0.5, 0.6) is 0 Å². The maximum absolute atomic E-state index is 5.96. The minimum atomic E-state index is 0.0153. The third-order valence-electron chi connectivity index (χ3n) is 3.04. The largest absolute Gasteiger partial charge is 0.326 e. The van der Waals surface area contributed by atoms with Gasteiger partial charge in [0.1, 0.15) is 0 Å². The van der Waals surface area contributed by atoms with Crippen LogP contribution in [0.4, 0.5) is 0 Å². The predicted octanol–water partition coefficient (Wildman–Crippen LogP) is 2.24.